The van der Waals surface area contributed by atoms with Crippen molar-refractivity contribution in [2.24, 2.45) is 11.3 Å². The lowest BCUT2D eigenvalue weighted by Crippen LogP contribution is -2.43. The fraction of sp³-hybridized carbons (Fsp3) is 0.400. The number of hydrogen-bond acceptors (Lipinski definition) is 6. The fourth-order valence-electron chi connectivity index (χ4n) is 5.54. The quantitative estimate of drug-likeness (QED) is 0.393. The van der Waals surface area contributed by atoms with E-state index in [0.29, 0.717) is 23.3 Å². The van der Waals surface area contributed by atoms with Crippen molar-refractivity contribution >= 4 is 28.6 Å². The summed E-state index contributed by atoms with van der Waals surface area (Å²) >= 11 is 0. The highest BCUT2D eigenvalue weighted by atomic mass is 16.4. The second-order valence-electron chi connectivity index (χ2n) is 9.82. The number of carbonyl (C=O) groups is 2. The molecule has 2 amide bonds. The highest BCUT2D eigenvalue weighted by Crippen LogP contribution is 2.49. The molecular weight excluding hydrogens is 448 g/mol. The van der Waals surface area contributed by atoms with Gasteiger partial charge in [-0.15, -0.1) is 0 Å². The molecule has 0 unspecified atom stereocenters. The van der Waals surface area contributed by atoms with Crippen LogP contribution in [0.1, 0.15) is 65.1 Å². The van der Waals surface area contributed by atoms with Gasteiger partial charge in [0.05, 0.1) is 11.7 Å². The molecule has 3 aromatic heterocycles. The van der Waals surface area contributed by atoms with Crippen LogP contribution in [0.3, 0.4) is 0 Å². The van der Waals surface area contributed by atoms with E-state index in [2.05, 4.69) is 25.7 Å². The number of carbonyl (C=O) groups excluding carboxylic acids is 2. The maximum absolute atomic E-state index is 13.2. The molecule has 10 nitrogen and oxygen atoms in total. The van der Waals surface area contributed by atoms with Gasteiger partial charge in [0.2, 0.25) is 0 Å². The largest absolute Gasteiger partial charge is 0.417 e. The third kappa shape index (κ3) is 4.09. The second-order valence-corrected chi connectivity index (χ2v) is 9.82. The standard InChI is InChI=1S/C25H26N6O4/c32-22(26-13-16-1-2-20-17(11-16)30-24(34)35-20)18-12-19(31-21(29-18)6-10-28-31)23(33)27-14-25-7-3-15(4-8-25)5-9-25/h1-2,6,10-12,15H,3-5,7-9,13-14H2,(H,26,32)(H,27,33)(H,30,34). The van der Waals surface area contributed by atoms with E-state index in [1.807, 2.05) is 0 Å². The summed E-state index contributed by atoms with van der Waals surface area (Å²) < 4.78 is 6.47. The number of fused-ring (bicyclic) bond motifs is 5. The second kappa shape index (κ2) is 8.37. The zero-order valence-corrected chi connectivity index (χ0v) is 19.2. The van der Waals surface area contributed by atoms with Crippen molar-refractivity contribution in [1.29, 1.82) is 0 Å². The Morgan fingerprint density at radius 1 is 1.09 bits per heavy atom. The summed E-state index contributed by atoms with van der Waals surface area (Å²) in [6.45, 7) is 0.864. The molecule has 1 aromatic carbocycles. The van der Waals surface area contributed by atoms with E-state index in [1.54, 1.807) is 30.5 Å². The lowest BCUT2D eigenvalue weighted by molar-refractivity contribution is 0.0595. The highest BCUT2D eigenvalue weighted by molar-refractivity contribution is 5.98. The molecule has 3 aliphatic rings. The van der Waals surface area contributed by atoms with E-state index in [4.69, 9.17) is 4.42 Å². The molecule has 2 bridgehead atoms. The molecule has 3 fully saturated rings. The Labute approximate surface area is 200 Å². The van der Waals surface area contributed by atoms with Crippen molar-refractivity contribution in [2.75, 3.05) is 6.54 Å². The first-order valence-electron chi connectivity index (χ1n) is 12.0. The molecule has 7 rings (SSSR count). The van der Waals surface area contributed by atoms with E-state index in [9.17, 15) is 14.4 Å². The van der Waals surface area contributed by atoms with Crippen molar-refractivity contribution in [3.05, 3.63) is 64.0 Å². The third-order valence-electron chi connectivity index (χ3n) is 7.63. The van der Waals surface area contributed by atoms with Gasteiger partial charge < -0.3 is 15.1 Å². The summed E-state index contributed by atoms with van der Waals surface area (Å²) in [5.41, 5.74) is 2.84. The number of aromatic amines is 1. The number of nitrogens with one attached hydrogen (secondary N) is 3. The highest BCUT2D eigenvalue weighted by Gasteiger charge is 2.40. The molecule has 180 valence electrons. The summed E-state index contributed by atoms with van der Waals surface area (Å²) in [6, 6.07) is 8.33. The van der Waals surface area contributed by atoms with Gasteiger partial charge in [-0.2, -0.15) is 5.10 Å². The minimum atomic E-state index is -0.527. The molecule has 3 saturated carbocycles. The summed E-state index contributed by atoms with van der Waals surface area (Å²) in [7, 11) is 0. The topological polar surface area (TPSA) is 134 Å². The van der Waals surface area contributed by atoms with Gasteiger partial charge in [0, 0.05) is 25.2 Å². The Kier molecular flexibility index (Phi) is 5.16. The van der Waals surface area contributed by atoms with Crippen LogP contribution in [0.15, 0.2) is 45.7 Å². The van der Waals surface area contributed by atoms with Crippen LogP contribution < -0.4 is 16.4 Å². The summed E-state index contributed by atoms with van der Waals surface area (Å²) in [5, 5.41) is 10.2. The lowest BCUT2D eigenvalue weighted by Gasteiger charge is -2.46. The number of oxazole rings is 1. The first-order chi connectivity index (χ1) is 17.0. The normalized spacial score (nSPS) is 21.4. The fourth-order valence-corrected chi connectivity index (χ4v) is 5.54. The summed E-state index contributed by atoms with van der Waals surface area (Å²) in [6.07, 6.45) is 8.81. The SMILES string of the molecule is O=C(NCc1ccc2oc(=O)[nH]c2c1)c1cc(C(=O)NCC23CCC(CC2)CC3)n2nccc2n1. The Hall–Kier alpha value is -3.95. The average molecular weight is 475 g/mol. The van der Waals surface area contributed by atoms with Crippen LogP contribution in [0.2, 0.25) is 0 Å². The van der Waals surface area contributed by atoms with Crippen molar-refractivity contribution in [1.82, 2.24) is 30.2 Å². The van der Waals surface area contributed by atoms with E-state index in [1.165, 1.54) is 29.8 Å². The average Bonchev–Trinajstić information content (AvgIpc) is 3.51. The van der Waals surface area contributed by atoms with Crippen molar-refractivity contribution in [3.63, 3.8) is 0 Å². The Bertz CT molecular complexity index is 1480. The number of aromatic nitrogens is 4. The van der Waals surface area contributed by atoms with E-state index in [0.717, 1.165) is 30.7 Å². The van der Waals surface area contributed by atoms with Gasteiger partial charge in [-0.05, 0) is 67.6 Å². The van der Waals surface area contributed by atoms with Crippen molar-refractivity contribution < 1.29 is 14.0 Å². The third-order valence-corrected chi connectivity index (χ3v) is 7.63. The molecule has 3 aliphatic carbocycles. The Morgan fingerprint density at radius 2 is 1.89 bits per heavy atom. The predicted molar refractivity (Wildman–Crippen MR) is 127 cm³/mol. The summed E-state index contributed by atoms with van der Waals surface area (Å²) in [4.78, 5) is 44.4. The van der Waals surface area contributed by atoms with Crippen LogP contribution in [0, 0.1) is 11.3 Å². The number of nitrogens with zero attached hydrogens (tertiary/aromatic N) is 3. The summed E-state index contributed by atoms with van der Waals surface area (Å²) in [5.74, 6) is -0.332. The van der Waals surface area contributed by atoms with Gasteiger partial charge >= 0.3 is 5.76 Å². The zero-order chi connectivity index (χ0) is 24.0. The Balaban J connectivity index is 1.18. The number of hydrogen-bond donors (Lipinski definition) is 3. The molecule has 0 saturated heterocycles. The maximum Gasteiger partial charge on any atom is 0.417 e. The van der Waals surface area contributed by atoms with Gasteiger partial charge in [-0.1, -0.05) is 6.07 Å². The zero-order valence-electron chi connectivity index (χ0n) is 19.2. The van der Waals surface area contributed by atoms with Crippen LogP contribution in [-0.4, -0.2) is 37.9 Å². The maximum atomic E-state index is 13.2. The van der Waals surface area contributed by atoms with Crippen LogP contribution in [0.25, 0.3) is 16.7 Å². The van der Waals surface area contributed by atoms with Crippen LogP contribution in [0.4, 0.5) is 0 Å². The number of amides is 2. The van der Waals surface area contributed by atoms with Crippen molar-refractivity contribution in [3.8, 4) is 0 Å². The molecule has 0 aliphatic heterocycles. The number of benzene rings is 1. The number of rotatable bonds is 6. The van der Waals surface area contributed by atoms with Gasteiger partial charge in [-0.3, -0.25) is 14.6 Å². The number of H-pyrrole nitrogens is 1. The van der Waals surface area contributed by atoms with E-state index >= 15 is 0 Å². The van der Waals surface area contributed by atoms with Crippen molar-refractivity contribution in [2.45, 2.75) is 45.1 Å². The molecule has 10 heteroatoms. The molecule has 35 heavy (non-hydrogen) atoms. The lowest BCUT2D eigenvalue weighted by atomic mass is 9.61. The molecule has 3 heterocycles. The van der Waals surface area contributed by atoms with Gasteiger partial charge in [0.25, 0.3) is 11.8 Å². The molecule has 4 aromatic rings. The molecule has 0 spiro atoms. The first kappa shape index (κ1) is 21.6. The van der Waals surface area contributed by atoms with Gasteiger partial charge in [0.1, 0.15) is 11.4 Å². The predicted octanol–water partition coefficient (Wildman–Crippen LogP) is 2.79. The first-order valence-corrected chi connectivity index (χ1v) is 12.0. The monoisotopic (exact) mass is 474 g/mol. The molecular formula is C25H26N6O4. The minimum absolute atomic E-state index is 0.136. The molecule has 0 radical (unpaired) electrons. The van der Waals surface area contributed by atoms with E-state index < -0.39 is 11.7 Å². The molecule has 0 atom stereocenters. The van der Waals surface area contributed by atoms with E-state index in [-0.39, 0.29) is 29.3 Å². The Morgan fingerprint density at radius 3 is 2.69 bits per heavy atom. The van der Waals surface area contributed by atoms with Crippen LogP contribution in [-0.2, 0) is 6.54 Å². The van der Waals surface area contributed by atoms with Gasteiger partial charge in [0.15, 0.2) is 11.2 Å². The molecule has 3 N–H and O–H groups in total. The minimum Gasteiger partial charge on any atom is -0.408 e. The van der Waals surface area contributed by atoms with Gasteiger partial charge in [-0.25, -0.2) is 14.3 Å². The smallest absolute Gasteiger partial charge is 0.408 e. The van der Waals surface area contributed by atoms with Crippen LogP contribution >= 0.6 is 0 Å². The van der Waals surface area contributed by atoms with Crippen LogP contribution in [0.5, 0.6) is 0 Å².